The zero-order valence-electron chi connectivity index (χ0n) is 20.0. The number of carbonyl (C=O) groups excluding carboxylic acids is 2. The first-order valence-electron chi connectivity index (χ1n) is 13.2. The molecule has 0 bridgehead atoms. The molecule has 0 aromatic carbocycles. The number of likely N-dealkylation sites (tertiary alicyclic amines) is 2. The highest BCUT2D eigenvalue weighted by Gasteiger charge is 2.23. The lowest BCUT2D eigenvalue weighted by atomic mass is 9.81. The van der Waals surface area contributed by atoms with Gasteiger partial charge in [-0.2, -0.15) is 0 Å². The molecule has 0 radical (unpaired) electrons. The van der Waals surface area contributed by atoms with Crippen LogP contribution in [-0.2, 0) is 0 Å². The normalized spacial score (nSPS) is 25.1. The van der Waals surface area contributed by atoms with E-state index in [0.717, 1.165) is 84.7 Å². The Balaban J connectivity index is 1.20. The van der Waals surface area contributed by atoms with E-state index < -0.39 is 0 Å². The summed E-state index contributed by atoms with van der Waals surface area (Å²) in [5, 5.41) is 12.1. The highest BCUT2D eigenvalue weighted by atomic mass is 16.2. The Bertz CT molecular complexity index is 503. The topological polar surface area (TPSA) is 88.7 Å². The second kappa shape index (κ2) is 14.6. The van der Waals surface area contributed by atoms with Gasteiger partial charge in [0, 0.05) is 39.3 Å². The number of rotatable bonds is 10. The summed E-state index contributed by atoms with van der Waals surface area (Å²) in [6, 6.07) is -0.0920. The van der Waals surface area contributed by atoms with Crippen molar-refractivity contribution in [2.75, 3.05) is 65.4 Å². The molecule has 184 valence electrons. The second-order valence-corrected chi connectivity index (χ2v) is 9.98. The molecular formula is C24H46N6O2. The molecule has 0 spiro atoms. The zero-order valence-corrected chi connectivity index (χ0v) is 20.0. The smallest absolute Gasteiger partial charge is 0.314 e. The Labute approximate surface area is 194 Å². The molecule has 0 unspecified atom stereocenters. The van der Waals surface area contributed by atoms with Crippen LogP contribution in [0.1, 0.15) is 64.2 Å². The maximum Gasteiger partial charge on any atom is 0.314 e. The molecule has 0 aromatic rings. The van der Waals surface area contributed by atoms with E-state index in [4.69, 9.17) is 0 Å². The summed E-state index contributed by atoms with van der Waals surface area (Å²) in [6.07, 6.45) is 12.4. The maximum absolute atomic E-state index is 12.1. The van der Waals surface area contributed by atoms with Gasteiger partial charge < -0.3 is 31.1 Å². The summed E-state index contributed by atoms with van der Waals surface area (Å²) in [5.41, 5.74) is 0. The summed E-state index contributed by atoms with van der Waals surface area (Å²) < 4.78 is 0. The Hall–Kier alpha value is -1.54. The molecule has 2 atom stereocenters. The lowest BCUT2D eigenvalue weighted by Crippen LogP contribution is -2.44. The first-order valence-corrected chi connectivity index (χ1v) is 13.2. The van der Waals surface area contributed by atoms with Crippen LogP contribution in [-0.4, -0.2) is 87.3 Å². The molecule has 4 N–H and O–H groups in total. The number of hydrogen-bond donors (Lipinski definition) is 4. The monoisotopic (exact) mass is 450 g/mol. The Morgan fingerprint density at radius 1 is 0.594 bits per heavy atom. The predicted molar refractivity (Wildman–Crippen MR) is 129 cm³/mol. The number of nitrogens with zero attached hydrogens (tertiary/aromatic N) is 2. The van der Waals surface area contributed by atoms with Gasteiger partial charge in [0.2, 0.25) is 0 Å². The number of piperidine rings is 2. The Morgan fingerprint density at radius 3 is 1.47 bits per heavy atom. The van der Waals surface area contributed by atoms with Crippen molar-refractivity contribution in [2.45, 2.75) is 64.2 Å². The van der Waals surface area contributed by atoms with Crippen LogP contribution in [0.4, 0.5) is 9.59 Å². The molecular weight excluding hydrogens is 404 g/mol. The molecule has 1 saturated carbocycles. The van der Waals surface area contributed by atoms with Crippen LogP contribution in [0.3, 0.4) is 0 Å². The number of carbonyl (C=O) groups is 2. The van der Waals surface area contributed by atoms with Gasteiger partial charge >= 0.3 is 12.1 Å². The van der Waals surface area contributed by atoms with Gasteiger partial charge in [0.25, 0.3) is 0 Å². The van der Waals surface area contributed by atoms with Crippen molar-refractivity contribution in [3.63, 3.8) is 0 Å². The van der Waals surface area contributed by atoms with Gasteiger partial charge in [0.15, 0.2) is 0 Å². The molecule has 2 saturated heterocycles. The van der Waals surface area contributed by atoms with Gasteiger partial charge in [-0.15, -0.1) is 0 Å². The summed E-state index contributed by atoms with van der Waals surface area (Å²) in [7, 11) is 0. The fourth-order valence-corrected chi connectivity index (χ4v) is 5.39. The Morgan fingerprint density at radius 2 is 1.03 bits per heavy atom. The zero-order chi connectivity index (χ0) is 22.4. The van der Waals surface area contributed by atoms with E-state index in [-0.39, 0.29) is 12.1 Å². The van der Waals surface area contributed by atoms with Gasteiger partial charge in [-0.05, 0) is 83.0 Å². The average Bonchev–Trinajstić information content (AvgIpc) is 2.83. The Kier molecular flexibility index (Phi) is 11.4. The lowest BCUT2D eigenvalue weighted by molar-refractivity contribution is 0.212. The van der Waals surface area contributed by atoms with Crippen LogP contribution in [0.2, 0.25) is 0 Å². The molecule has 3 rings (SSSR count). The van der Waals surface area contributed by atoms with E-state index in [1.807, 2.05) is 0 Å². The summed E-state index contributed by atoms with van der Waals surface area (Å²) in [5.74, 6) is 1.01. The third-order valence-electron chi connectivity index (χ3n) is 7.32. The fraction of sp³-hybridized carbons (Fsp3) is 0.917. The molecule has 2 aliphatic heterocycles. The standard InChI is InChI=1S/C24H46N6O2/c31-23(25-10-16-29-12-3-1-4-13-29)27-19-21-8-7-9-22(18-21)20-28-24(32)26-11-17-30-14-5-2-6-15-30/h21-22H,1-20H2,(H2,25,27,31)(H2,26,28,32)/t21-,22-/m1/s1. The largest absolute Gasteiger partial charge is 0.338 e. The van der Waals surface area contributed by atoms with Crippen LogP contribution >= 0.6 is 0 Å². The molecule has 4 amide bonds. The summed E-state index contributed by atoms with van der Waals surface area (Å²) in [6.45, 7) is 9.45. The summed E-state index contributed by atoms with van der Waals surface area (Å²) >= 11 is 0. The molecule has 2 heterocycles. The van der Waals surface area contributed by atoms with Crippen molar-refractivity contribution in [1.82, 2.24) is 31.1 Å². The van der Waals surface area contributed by atoms with Crippen molar-refractivity contribution in [3.05, 3.63) is 0 Å². The van der Waals surface area contributed by atoms with Crippen molar-refractivity contribution >= 4 is 12.1 Å². The SMILES string of the molecule is O=C(NCCN1CCCCC1)NC[C@@H]1CCC[C@@H](CNC(=O)NCCN2CCCCC2)C1. The fourth-order valence-electron chi connectivity index (χ4n) is 5.39. The van der Waals surface area contributed by atoms with E-state index in [1.165, 1.54) is 44.9 Å². The predicted octanol–water partition coefficient (Wildman–Crippen LogP) is 2.36. The van der Waals surface area contributed by atoms with Gasteiger partial charge in [0.05, 0.1) is 0 Å². The minimum atomic E-state index is -0.0460. The van der Waals surface area contributed by atoms with Crippen molar-refractivity contribution in [3.8, 4) is 0 Å². The van der Waals surface area contributed by atoms with Crippen molar-refractivity contribution < 1.29 is 9.59 Å². The molecule has 8 heteroatoms. The van der Waals surface area contributed by atoms with Gasteiger partial charge in [0.1, 0.15) is 0 Å². The van der Waals surface area contributed by atoms with Gasteiger partial charge in [-0.25, -0.2) is 9.59 Å². The number of amides is 4. The molecule has 8 nitrogen and oxygen atoms in total. The van der Waals surface area contributed by atoms with Crippen LogP contribution in [0.5, 0.6) is 0 Å². The molecule has 3 fully saturated rings. The minimum absolute atomic E-state index is 0.0460. The van der Waals surface area contributed by atoms with E-state index in [9.17, 15) is 9.59 Å². The first kappa shape index (κ1) is 25.1. The number of urea groups is 2. The highest BCUT2D eigenvalue weighted by Crippen LogP contribution is 2.28. The van der Waals surface area contributed by atoms with Crippen LogP contribution < -0.4 is 21.3 Å². The van der Waals surface area contributed by atoms with Gasteiger partial charge in [-0.1, -0.05) is 19.3 Å². The lowest BCUT2D eigenvalue weighted by Gasteiger charge is -2.30. The average molecular weight is 451 g/mol. The third kappa shape index (κ3) is 9.94. The number of hydrogen-bond acceptors (Lipinski definition) is 4. The van der Waals surface area contributed by atoms with Crippen molar-refractivity contribution in [1.29, 1.82) is 0 Å². The van der Waals surface area contributed by atoms with Crippen LogP contribution in [0.15, 0.2) is 0 Å². The number of nitrogens with one attached hydrogen (secondary N) is 4. The molecule has 0 aromatic heterocycles. The van der Waals surface area contributed by atoms with Crippen molar-refractivity contribution in [2.24, 2.45) is 11.8 Å². The molecule has 1 aliphatic carbocycles. The third-order valence-corrected chi connectivity index (χ3v) is 7.32. The molecule has 32 heavy (non-hydrogen) atoms. The van der Waals surface area contributed by atoms with Gasteiger partial charge in [-0.3, -0.25) is 0 Å². The van der Waals surface area contributed by atoms with E-state index in [1.54, 1.807) is 0 Å². The maximum atomic E-state index is 12.1. The molecule has 3 aliphatic rings. The first-order chi connectivity index (χ1) is 15.7. The quantitative estimate of drug-likeness (QED) is 0.411. The van der Waals surface area contributed by atoms with Crippen LogP contribution in [0.25, 0.3) is 0 Å². The summed E-state index contributed by atoms with van der Waals surface area (Å²) in [4.78, 5) is 29.1. The minimum Gasteiger partial charge on any atom is -0.338 e. The second-order valence-electron chi connectivity index (χ2n) is 9.98. The highest BCUT2D eigenvalue weighted by molar-refractivity contribution is 5.74. The van der Waals surface area contributed by atoms with E-state index >= 15 is 0 Å². The van der Waals surface area contributed by atoms with E-state index in [2.05, 4.69) is 31.1 Å². The van der Waals surface area contributed by atoms with E-state index in [0.29, 0.717) is 11.8 Å². The van der Waals surface area contributed by atoms with Crippen LogP contribution in [0, 0.1) is 11.8 Å².